The average Bonchev–Trinajstić information content (AvgIpc) is 2.35. The summed E-state index contributed by atoms with van der Waals surface area (Å²) in [6, 6.07) is -1.84. The molecule has 0 saturated heterocycles. The van der Waals surface area contributed by atoms with Gasteiger partial charge in [-0.3, -0.25) is 9.59 Å². The first-order valence-corrected chi connectivity index (χ1v) is 6.54. The summed E-state index contributed by atoms with van der Waals surface area (Å²) in [5.41, 5.74) is 0. The number of rotatable bonds is 9. The van der Waals surface area contributed by atoms with Crippen LogP contribution >= 0.6 is 0 Å². The van der Waals surface area contributed by atoms with Gasteiger partial charge in [-0.05, 0) is 0 Å². The number of hydrogen-bond donors (Lipinski definition) is 2. The Kier molecular flexibility index (Phi) is 15.2. The maximum atomic E-state index is 10.5. The number of carboxylic acids is 2. The van der Waals surface area contributed by atoms with Crippen molar-refractivity contribution in [1.29, 1.82) is 0 Å². The molecule has 0 unspecified atom stereocenters. The second kappa shape index (κ2) is 13.4. The second-order valence-electron chi connectivity index (χ2n) is 2.85. The minimum atomic E-state index is -1.08. The van der Waals surface area contributed by atoms with E-state index in [1.807, 2.05) is 0 Å². The molecular weight excluding hydrogens is 367 g/mol. The molecule has 0 aliphatic rings. The van der Waals surface area contributed by atoms with Crippen molar-refractivity contribution in [3.8, 4) is 0 Å². The SMILES string of the molecule is O=C(O)[C@H](C[S-])[N-]CC[N-][C@@H](C[S-])C(=O)O.[O]=[99Tc+4]. The predicted molar refractivity (Wildman–Crippen MR) is 64.5 cm³/mol. The van der Waals surface area contributed by atoms with Crippen LogP contribution in [-0.4, -0.2) is 58.8 Å². The van der Waals surface area contributed by atoms with Crippen LogP contribution in [0.3, 0.4) is 0 Å². The topological polar surface area (TPSA) is 120 Å². The van der Waals surface area contributed by atoms with E-state index in [1.165, 1.54) is 0 Å². The first kappa shape index (κ1) is 20.3. The normalized spacial score (nSPS) is 13.1. The van der Waals surface area contributed by atoms with E-state index in [2.05, 4.69) is 35.9 Å². The fourth-order valence-electron chi connectivity index (χ4n) is 0.831. The molecule has 0 heterocycles. The molecule has 0 rings (SSSR count). The first-order chi connectivity index (χ1) is 8.52. The second-order valence-corrected chi connectivity index (χ2v) is 3.52. The Morgan fingerprint density at radius 3 is 1.39 bits per heavy atom. The standard InChI is InChI=1S/C8H14N2O4S2.O.Tc/c11-7(12)5(3-15)9-1-2-10-6(4-16)8(13)14;;/h5-6,15-16H,1-4H2,(H,11,12)(H,13,14);;/q-2;;+4/p-2/t5-,6-;;/m0../s1/i;;1+1. The van der Waals surface area contributed by atoms with E-state index in [0.717, 1.165) is 18.9 Å². The van der Waals surface area contributed by atoms with Crippen LogP contribution in [-0.2, 0) is 57.2 Å². The van der Waals surface area contributed by atoms with E-state index in [4.69, 9.17) is 13.7 Å². The number of carbonyl (C=O) groups is 2. The Morgan fingerprint density at radius 2 is 1.22 bits per heavy atom. The van der Waals surface area contributed by atoms with Crippen molar-refractivity contribution in [2.45, 2.75) is 12.1 Å². The van der Waals surface area contributed by atoms with Crippen LogP contribution < -0.4 is 0 Å². The molecule has 0 amide bonds. The molecule has 2 atom stereocenters. The Morgan fingerprint density at radius 1 is 0.944 bits per heavy atom. The van der Waals surface area contributed by atoms with E-state index >= 15 is 0 Å². The van der Waals surface area contributed by atoms with Gasteiger partial charge in [-0.1, -0.05) is 12.1 Å². The molecule has 0 aromatic rings. The van der Waals surface area contributed by atoms with Gasteiger partial charge in [0, 0.05) is 0 Å². The molecule has 7 nitrogen and oxygen atoms in total. The third kappa shape index (κ3) is 9.98. The van der Waals surface area contributed by atoms with Crippen molar-refractivity contribution in [1.82, 2.24) is 0 Å². The van der Waals surface area contributed by atoms with E-state index in [9.17, 15) is 9.59 Å². The summed E-state index contributed by atoms with van der Waals surface area (Å²) in [7, 11) is 0. The molecule has 0 aromatic carbocycles. The Bertz CT molecular complexity index is 236. The molecular formula is C8H12N2O5S2Tc. The number of aliphatic carboxylic acids is 2. The molecule has 0 spiro atoms. The summed E-state index contributed by atoms with van der Waals surface area (Å²) in [6.45, 7) is 0.291. The summed E-state index contributed by atoms with van der Waals surface area (Å²) in [5, 5.41) is 24.8. The number of nitrogens with zero attached hydrogens (tertiary/aromatic N) is 2. The van der Waals surface area contributed by atoms with Crippen molar-refractivity contribution in [2.75, 3.05) is 24.6 Å². The summed E-state index contributed by atoms with van der Waals surface area (Å²) in [4.78, 5) is 21.0. The van der Waals surface area contributed by atoms with Crippen LogP contribution in [0.15, 0.2) is 0 Å². The molecule has 0 fully saturated rings. The monoisotopic (exact) mass is 379 g/mol. The third-order valence-electron chi connectivity index (χ3n) is 1.68. The Balaban J connectivity index is 0. The van der Waals surface area contributed by atoms with Gasteiger partial charge in [-0.15, -0.1) is 0 Å². The third-order valence-corrected chi connectivity index (χ3v) is 2.32. The Labute approximate surface area is 126 Å². The molecule has 10 heteroatoms. The molecule has 0 radical (unpaired) electrons. The number of carboxylic acid groups (broad SMARTS) is 2. The van der Waals surface area contributed by atoms with E-state index in [0.29, 0.717) is 0 Å². The number of hydrogen-bond acceptors (Lipinski definition) is 5. The predicted octanol–water partition coefficient (Wildman–Crippen LogP) is -0.387. The summed E-state index contributed by atoms with van der Waals surface area (Å²) >= 11 is 10.1. The van der Waals surface area contributed by atoms with Gasteiger partial charge < -0.3 is 46.1 Å². The van der Waals surface area contributed by atoms with Gasteiger partial charge in [0.25, 0.3) is 11.9 Å². The summed E-state index contributed by atoms with van der Waals surface area (Å²) in [5.74, 6) is -2.15. The van der Waals surface area contributed by atoms with Gasteiger partial charge in [0.2, 0.25) is 0 Å². The molecule has 2 N–H and O–H groups in total. The zero-order valence-corrected chi connectivity index (χ0v) is 12.7. The van der Waals surface area contributed by atoms with Gasteiger partial charge >= 0.3 is 22.4 Å². The molecule has 0 saturated carbocycles. The Hall–Kier alpha value is 0.00935. The van der Waals surface area contributed by atoms with Gasteiger partial charge in [-0.2, -0.15) is 24.6 Å². The quantitative estimate of drug-likeness (QED) is 0.414. The van der Waals surface area contributed by atoms with E-state index in [-0.39, 0.29) is 24.6 Å². The van der Waals surface area contributed by atoms with Crippen LogP contribution in [0.2, 0.25) is 0 Å². The zero-order chi connectivity index (χ0) is 14.6. The minimum absolute atomic E-state index is 0.00126. The van der Waals surface area contributed by atoms with Crippen molar-refractivity contribution in [2.24, 2.45) is 0 Å². The van der Waals surface area contributed by atoms with E-state index < -0.39 is 24.0 Å². The zero-order valence-electron chi connectivity index (χ0n) is 9.19. The van der Waals surface area contributed by atoms with Crippen molar-refractivity contribution in [3.05, 3.63) is 10.6 Å². The molecule has 0 aliphatic carbocycles. The average molecular weight is 379 g/mol. The van der Waals surface area contributed by atoms with Crippen molar-refractivity contribution in [3.63, 3.8) is 0 Å². The first-order valence-electron chi connectivity index (χ1n) is 4.63. The fourth-order valence-corrected chi connectivity index (χ4v) is 1.33. The van der Waals surface area contributed by atoms with Gasteiger partial charge in [0.15, 0.2) is 0 Å². The van der Waals surface area contributed by atoms with Crippen LogP contribution in [0.25, 0.3) is 10.6 Å². The molecule has 0 bridgehead atoms. The summed E-state index contributed by atoms with van der Waals surface area (Å²) < 4.78 is 8.22. The summed E-state index contributed by atoms with van der Waals surface area (Å²) in [6.07, 6.45) is 0. The molecule has 103 valence electrons. The van der Waals surface area contributed by atoms with Gasteiger partial charge in [-0.25, -0.2) is 0 Å². The van der Waals surface area contributed by atoms with Gasteiger partial charge in [0.05, 0.1) is 0 Å². The van der Waals surface area contributed by atoms with Crippen LogP contribution in [0, 0.1) is 0 Å². The molecule has 18 heavy (non-hydrogen) atoms. The fraction of sp³-hybridized carbons (Fsp3) is 0.750. The van der Waals surface area contributed by atoms with Crippen LogP contribution in [0.5, 0.6) is 0 Å². The van der Waals surface area contributed by atoms with Crippen LogP contribution in [0.1, 0.15) is 0 Å². The van der Waals surface area contributed by atoms with Crippen molar-refractivity contribution < 1.29 is 42.2 Å². The van der Waals surface area contributed by atoms with E-state index in [1.54, 1.807) is 0 Å². The molecule has 0 aromatic heterocycles. The van der Waals surface area contributed by atoms with Crippen LogP contribution in [0.4, 0.5) is 0 Å². The maximum absolute atomic E-state index is 10.5. The van der Waals surface area contributed by atoms with Crippen molar-refractivity contribution >= 4 is 37.2 Å². The molecule has 0 aliphatic heterocycles. The van der Waals surface area contributed by atoms with Gasteiger partial charge in [0.1, 0.15) is 0 Å².